The second-order valence-electron chi connectivity index (χ2n) is 9.60. The number of carbonyl (C=O) groups excluding carboxylic acids is 2. The molecular formula is C30H33ClN7O6P. The van der Waals surface area contributed by atoms with E-state index in [1.54, 1.807) is 48.5 Å². The van der Waals surface area contributed by atoms with E-state index in [0.717, 1.165) is 11.3 Å². The Labute approximate surface area is 265 Å². The molecule has 4 rings (SSSR count). The molecule has 1 atom stereocenters. The minimum atomic E-state index is -3.26. The van der Waals surface area contributed by atoms with E-state index in [4.69, 9.17) is 25.4 Å². The number of carbonyl (C=O) groups is 2. The zero-order valence-corrected chi connectivity index (χ0v) is 26.3. The Kier molecular flexibility index (Phi) is 12.2. The largest absolute Gasteiger partial charge is 0.449 e. The van der Waals surface area contributed by atoms with E-state index in [1.807, 2.05) is 30.3 Å². The summed E-state index contributed by atoms with van der Waals surface area (Å²) in [6, 6.07) is 21.8. The van der Waals surface area contributed by atoms with Gasteiger partial charge in [-0.2, -0.15) is 4.68 Å². The van der Waals surface area contributed by atoms with Gasteiger partial charge >= 0.3 is 13.7 Å². The first-order valence-corrected chi connectivity index (χ1v) is 15.9. The predicted molar refractivity (Wildman–Crippen MR) is 172 cm³/mol. The number of hydrogen-bond donors (Lipinski definition) is 3. The Bertz CT molecular complexity index is 1610. The van der Waals surface area contributed by atoms with E-state index in [0.29, 0.717) is 34.9 Å². The van der Waals surface area contributed by atoms with Gasteiger partial charge in [0.2, 0.25) is 5.91 Å². The zero-order valence-electron chi connectivity index (χ0n) is 24.6. The van der Waals surface area contributed by atoms with Gasteiger partial charge in [0, 0.05) is 48.8 Å². The first-order chi connectivity index (χ1) is 21.8. The van der Waals surface area contributed by atoms with E-state index in [2.05, 4.69) is 31.5 Å². The average molecular weight is 654 g/mol. The first kappa shape index (κ1) is 33.3. The maximum Gasteiger partial charge on any atom is 0.411 e. The molecule has 4 aromatic rings. The number of hydrogen-bond acceptors (Lipinski definition) is 10. The van der Waals surface area contributed by atoms with E-state index < -0.39 is 13.7 Å². The lowest BCUT2D eigenvalue weighted by Crippen LogP contribution is -2.40. The summed E-state index contributed by atoms with van der Waals surface area (Å²) in [5.41, 5.74) is 3.70. The summed E-state index contributed by atoms with van der Waals surface area (Å²) < 4.78 is 28.3. The molecule has 0 radical (unpaired) electrons. The van der Waals surface area contributed by atoms with Crippen LogP contribution in [-0.2, 0) is 29.6 Å². The smallest absolute Gasteiger partial charge is 0.411 e. The highest BCUT2D eigenvalue weighted by Gasteiger charge is 2.21. The van der Waals surface area contributed by atoms with Gasteiger partial charge in [-0.05, 0) is 71.0 Å². The fourth-order valence-corrected chi connectivity index (χ4v) is 5.21. The molecule has 236 valence electrons. The highest BCUT2D eigenvalue weighted by Crippen LogP contribution is 2.45. The van der Waals surface area contributed by atoms with Crippen LogP contribution in [0, 0.1) is 0 Å². The van der Waals surface area contributed by atoms with Crippen molar-refractivity contribution in [3.8, 4) is 5.69 Å². The van der Waals surface area contributed by atoms with Crippen LogP contribution in [0.3, 0.4) is 0 Å². The number of anilines is 2. The molecule has 0 aliphatic carbocycles. The molecule has 1 heterocycles. The highest BCUT2D eigenvalue weighted by atomic mass is 35.5. The van der Waals surface area contributed by atoms with E-state index in [-0.39, 0.29) is 24.7 Å². The average Bonchev–Trinajstić information content (AvgIpc) is 3.59. The van der Waals surface area contributed by atoms with Crippen LogP contribution in [0.15, 0.2) is 85.2 Å². The lowest BCUT2D eigenvalue weighted by molar-refractivity contribution is -0.117. The van der Waals surface area contributed by atoms with Gasteiger partial charge in [0.25, 0.3) is 0 Å². The van der Waals surface area contributed by atoms with Gasteiger partial charge in [0.05, 0.1) is 17.9 Å². The fourth-order valence-electron chi connectivity index (χ4n) is 4.20. The number of rotatable bonds is 15. The monoisotopic (exact) mass is 653 g/mol. The number of ether oxygens (including phenoxy) is 1. The molecule has 1 aromatic heterocycles. The van der Waals surface area contributed by atoms with Crippen molar-refractivity contribution in [1.29, 1.82) is 0 Å². The number of nitrogens with zero attached hydrogens (tertiary/aromatic N) is 4. The van der Waals surface area contributed by atoms with Gasteiger partial charge in [0.1, 0.15) is 12.9 Å². The summed E-state index contributed by atoms with van der Waals surface area (Å²) >= 11 is 6.20. The van der Waals surface area contributed by atoms with Crippen LogP contribution in [0.2, 0.25) is 5.02 Å². The molecule has 0 saturated carbocycles. The number of nitrogens with one attached hydrogen (secondary N) is 3. The molecule has 0 bridgehead atoms. The molecule has 0 aliphatic rings. The highest BCUT2D eigenvalue weighted by molar-refractivity contribution is 7.53. The summed E-state index contributed by atoms with van der Waals surface area (Å²) in [4.78, 5) is 25.1. The van der Waals surface area contributed by atoms with Crippen molar-refractivity contribution in [3.63, 3.8) is 0 Å². The molecule has 15 heteroatoms. The summed E-state index contributed by atoms with van der Waals surface area (Å²) in [5.74, 6) is -0.286. The van der Waals surface area contributed by atoms with Crippen LogP contribution in [0.5, 0.6) is 0 Å². The van der Waals surface area contributed by atoms with Crippen molar-refractivity contribution in [2.45, 2.75) is 12.5 Å². The van der Waals surface area contributed by atoms with Crippen LogP contribution in [0.1, 0.15) is 11.1 Å². The number of amides is 2. The number of halogens is 1. The Morgan fingerprint density at radius 3 is 2.44 bits per heavy atom. The Morgan fingerprint density at radius 2 is 1.76 bits per heavy atom. The van der Waals surface area contributed by atoms with Crippen LogP contribution in [-0.4, -0.2) is 71.8 Å². The summed E-state index contributed by atoms with van der Waals surface area (Å²) in [6.45, 7) is 0.295. The summed E-state index contributed by atoms with van der Waals surface area (Å²) in [6.07, 6.45) is 4.40. The topological polar surface area (TPSA) is 159 Å². The van der Waals surface area contributed by atoms with Crippen molar-refractivity contribution in [1.82, 2.24) is 25.5 Å². The molecular weight excluding hydrogens is 621 g/mol. The van der Waals surface area contributed by atoms with Crippen molar-refractivity contribution >= 4 is 48.6 Å². The Hall–Kier alpha value is -4.55. The van der Waals surface area contributed by atoms with Crippen molar-refractivity contribution in [3.05, 3.63) is 101 Å². The normalized spacial score (nSPS) is 12.1. The maximum atomic E-state index is 13.0. The predicted octanol–water partition coefficient (Wildman–Crippen LogP) is 5.20. The molecule has 2 amide bonds. The first-order valence-electron chi connectivity index (χ1n) is 13.8. The number of benzene rings is 3. The van der Waals surface area contributed by atoms with Crippen LogP contribution < -0.4 is 16.0 Å². The minimum absolute atomic E-state index is 0.0604. The number of aromatic nitrogens is 4. The Morgan fingerprint density at radius 1 is 1.02 bits per heavy atom. The number of tetrazole rings is 1. The third-order valence-electron chi connectivity index (χ3n) is 6.51. The van der Waals surface area contributed by atoms with Crippen molar-refractivity contribution in [2.75, 3.05) is 44.2 Å². The van der Waals surface area contributed by atoms with E-state index in [9.17, 15) is 14.2 Å². The van der Waals surface area contributed by atoms with Gasteiger partial charge in [-0.3, -0.25) is 14.7 Å². The van der Waals surface area contributed by atoms with Gasteiger partial charge in [-0.1, -0.05) is 41.9 Å². The fraction of sp³-hybridized carbons (Fsp3) is 0.233. The Balaban J connectivity index is 1.35. The van der Waals surface area contributed by atoms with Gasteiger partial charge in [-0.25, -0.2) is 4.79 Å². The second-order valence-corrected chi connectivity index (χ2v) is 12.4. The zero-order chi connectivity index (χ0) is 32.1. The van der Waals surface area contributed by atoms with Crippen LogP contribution >= 0.6 is 19.2 Å². The molecule has 0 fully saturated rings. The van der Waals surface area contributed by atoms with Gasteiger partial charge < -0.3 is 24.4 Å². The SMILES string of the molecule is COP(=O)(CCOC(=O)Nc1ccc(NC[C@H](Cc2ccccc2)NC(=O)/C=C/c2cc(Cl)ccc2-n2cnnn2)cc1)OC. The third-order valence-corrected chi connectivity index (χ3v) is 8.59. The molecule has 0 spiro atoms. The van der Waals surface area contributed by atoms with Gasteiger partial charge in [-0.15, -0.1) is 5.10 Å². The molecule has 13 nitrogen and oxygen atoms in total. The lowest BCUT2D eigenvalue weighted by atomic mass is 10.1. The molecule has 45 heavy (non-hydrogen) atoms. The third kappa shape index (κ3) is 10.5. The molecule has 0 saturated heterocycles. The lowest BCUT2D eigenvalue weighted by Gasteiger charge is -2.20. The quantitative estimate of drug-likeness (QED) is 0.115. The van der Waals surface area contributed by atoms with E-state index >= 15 is 0 Å². The molecule has 3 aromatic carbocycles. The molecule has 3 N–H and O–H groups in total. The van der Waals surface area contributed by atoms with E-state index in [1.165, 1.54) is 31.3 Å². The van der Waals surface area contributed by atoms with Crippen LogP contribution in [0.4, 0.5) is 16.2 Å². The molecule has 0 aliphatic heterocycles. The summed E-state index contributed by atoms with van der Waals surface area (Å²) in [5, 5.41) is 20.8. The second kappa shape index (κ2) is 16.5. The standard InChI is InChI=1S/C30H33ClN7O6P/c1-42-45(41,43-2)17-16-44-30(40)35-26-12-10-25(11-13-26)32-20-27(18-22-6-4-3-5-7-22)34-29(39)15-8-23-19-24(31)9-14-28(23)38-21-33-36-37-38/h3-15,19,21,27,32H,16-18,20H2,1-2H3,(H,34,39)(H,35,40)/b15-8+/t27-/m0/s1. The van der Waals surface area contributed by atoms with Gasteiger partial charge in [0.15, 0.2) is 0 Å². The van der Waals surface area contributed by atoms with Crippen molar-refractivity contribution in [2.24, 2.45) is 0 Å². The maximum absolute atomic E-state index is 13.0. The van der Waals surface area contributed by atoms with Crippen LogP contribution in [0.25, 0.3) is 11.8 Å². The minimum Gasteiger partial charge on any atom is -0.449 e. The van der Waals surface area contributed by atoms with Crippen molar-refractivity contribution < 1.29 is 27.9 Å². The summed E-state index contributed by atoms with van der Waals surface area (Å²) in [7, 11) is -0.720. The molecule has 0 unspecified atom stereocenters.